The van der Waals surface area contributed by atoms with E-state index in [9.17, 15) is 14.4 Å². The Labute approximate surface area is 173 Å². The van der Waals surface area contributed by atoms with Crippen molar-refractivity contribution in [2.45, 2.75) is 38.4 Å². The summed E-state index contributed by atoms with van der Waals surface area (Å²) in [5.74, 6) is -0.301. The molecule has 1 amide bonds. The van der Waals surface area contributed by atoms with Crippen LogP contribution in [0.15, 0.2) is 58.5 Å². The molecule has 0 aliphatic carbocycles. The van der Waals surface area contributed by atoms with Crippen molar-refractivity contribution in [1.29, 1.82) is 0 Å². The molecule has 29 heavy (non-hydrogen) atoms. The number of Topliss-reactive ketones (excluding diaryl/α,β-unsaturated/α-hetero) is 1. The molecule has 1 heterocycles. The van der Waals surface area contributed by atoms with Gasteiger partial charge in [0.25, 0.3) is 5.56 Å². The van der Waals surface area contributed by atoms with Gasteiger partial charge < -0.3 is 5.32 Å². The van der Waals surface area contributed by atoms with Crippen LogP contribution in [0.4, 0.5) is 5.69 Å². The molecular weight excluding hydrogens is 386 g/mol. The first-order chi connectivity index (χ1) is 13.9. The van der Waals surface area contributed by atoms with Crippen molar-refractivity contribution in [3.8, 4) is 0 Å². The Hall–Kier alpha value is -2.93. The van der Waals surface area contributed by atoms with E-state index >= 15 is 0 Å². The van der Waals surface area contributed by atoms with Gasteiger partial charge in [-0.1, -0.05) is 43.0 Å². The zero-order valence-corrected chi connectivity index (χ0v) is 17.5. The molecule has 3 aromatic rings. The van der Waals surface area contributed by atoms with Crippen LogP contribution in [0.3, 0.4) is 0 Å². The maximum atomic E-state index is 13.0. The van der Waals surface area contributed by atoms with Gasteiger partial charge in [0.1, 0.15) is 0 Å². The molecular formula is C22H23N3O3S. The summed E-state index contributed by atoms with van der Waals surface area (Å²) in [6.45, 7) is 5.43. The Kier molecular flexibility index (Phi) is 6.49. The number of anilines is 1. The van der Waals surface area contributed by atoms with Crippen LogP contribution >= 0.6 is 11.8 Å². The fraction of sp³-hybridized carbons (Fsp3) is 0.273. The Bertz CT molecular complexity index is 1120. The van der Waals surface area contributed by atoms with Gasteiger partial charge in [-0.05, 0) is 44.5 Å². The molecule has 0 spiro atoms. The van der Waals surface area contributed by atoms with E-state index < -0.39 is 0 Å². The van der Waals surface area contributed by atoms with Crippen LogP contribution in [0.1, 0.15) is 43.6 Å². The van der Waals surface area contributed by atoms with Crippen LogP contribution in [-0.2, 0) is 4.79 Å². The van der Waals surface area contributed by atoms with Crippen LogP contribution in [0.2, 0.25) is 0 Å². The van der Waals surface area contributed by atoms with Crippen LogP contribution in [0.25, 0.3) is 10.9 Å². The smallest absolute Gasteiger partial charge is 0.262 e. The molecule has 0 saturated heterocycles. The Morgan fingerprint density at radius 3 is 2.55 bits per heavy atom. The van der Waals surface area contributed by atoms with Crippen LogP contribution in [0, 0.1) is 0 Å². The first kappa shape index (κ1) is 20.8. The van der Waals surface area contributed by atoms with Crippen LogP contribution in [0.5, 0.6) is 0 Å². The Balaban J connectivity index is 1.86. The molecule has 0 saturated carbocycles. The van der Waals surface area contributed by atoms with E-state index in [0.29, 0.717) is 27.3 Å². The molecule has 6 nitrogen and oxygen atoms in total. The monoisotopic (exact) mass is 409 g/mol. The highest BCUT2D eigenvalue weighted by atomic mass is 32.2. The summed E-state index contributed by atoms with van der Waals surface area (Å²) in [5, 5.41) is 3.86. The number of fused-ring (bicyclic) bond motifs is 1. The number of para-hydroxylation sites is 2. The van der Waals surface area contributed by atoms with Crippen LogP contribution in [-0.4, -0.2) is 27.0 Å². The summed E-state index contributed by atoms with van der Waals surface area (Å²) in [7, 11) is 0. The number of carbonyl (C=O) groups is 2. The number of ketones is 1. The largest absolute Gasteiger partial charge is 0.325 e. The van der Waals surface area contributed by atoms with E-state index in [2.05, 4.69) is 10.3 Å². The van der Waals surface area contributed by atoms with E-state index in [1.165, 1.54) is 18.7 Å². The van der Waals surface area contributed by atoms with Gasteiger partial charge in [0.15, 0.2) is 10.9 Å². The first-order valence-corrected chi connectivity index (χ1v) is 10.4. The lowest BCUT2D eigenvalue weighted by atomic mass is 10.1. The average molecular weight is 410 g/mol. The van der Waals surface area contributed by atoms with Gasteiger partial charge in [-0.2, -0.15) is 0 Å². The predicted octanol–water partition coefficient (Wildman–Crippen LogP) is 4.30. The highest BCUT2D eigenvalue weighted by Gasteiger charge is 2.17. The fourth-order valence-corrected chi connectivity index (χ4v) is 3.91. The number of nitrogens with zero attached hydrogens (tertiary/aromatic N) is 2. The van der Waals surface area contributed by atoms with Crippen molar-refractivity contribution in [3.05, 3.63) is 64.4 Å². The van der Waals surface area contributed by atoms with Crippen molar-refractivity contribution < 1.29 is 9.59 Å². The molecule has 3 rings (SSSR count). The van der Waals surface area contributed by atoms with E-state index in [0.717, 1.165) is 6.42 Å². The minimum absolute atomic E-state index is 0.0383. The van der Waals surface area contributed by atoms with Gasteiger partial charge in [0.05, 0.1) is 22.3 Å². The molecule has 0 fully saturated rings. The summed E-state index contributed by atoms with van der Waals surface area (Å²) in [5.41, 5.74) is 1.46. The molecule has 0 radical (unpaired) electrons. The highest BCUT2D eigenvalue weighted by molar-refractivity contribution is 7.99. The third-order valence-electron chi connectivity index (χ3n) is 4.72. The van der Waals surface area contributed by atoms with Gasteiger partial charge in [0, 0.05) is 11.6 Å². The van der Waals surface area contributed by atoms with Crippen LogP contribution < -0.4 is 10.9 Å². The van der Waals surface area contributed by atoms with Gasteiger partial charge in [0.2, 0.25) is 5.91 Å². The topological polar surface area (TPSA) is 81.1 Å². The van der Waals surface area contributed by atoms with Gasteiger partial charge in [-0.3, -0.25) is 19.0 Å². The van der Waals surface area contributed by atoms with E-state index in [1.54, 1.807) is 41.0 Å². The van der Waals surface area contributed by atoms with Crippen molar-refractivity contribution in [2.75, 3.05) is 11.1 Å². The second-order valence-electron chi connectivity index (χ2n) is 6.78. The van der Waals surface area contributed by atoms with Crippen molar-refractivity contribution >= 4 is 40.0 Å². The second-order valence-corrected chi connectivity index (χ2v) is 7.73. The number of amides is 1. The zero-order chi connectivity index (χ0) is 21.0. The van der Waals surface area contributed by atoms with E-state index in [-0.39, 0.29) is 29.0 Å². The highest BCUT2D eigenvalue weighted by Crippen LogP contribution is 2.23. The molecule has 1 atom stereocenters. The Morgan fingerprint density at radius 1 is 1.14 bits per heavy atom. The molecule has 2 aromatic carbocycles. The minimum Gasteiger partial charge on any atom is -0.325 e. The fourth-order valence-electron chi connectivity index (χ4n) is 3.01. The summed E-state index contributed by atoms with van der Waals surface area (Å²) in [6, 6.07) is 14.1. The number of benzene rings is 2. The van der Waals surface area contributed by atoms with Crippen molar-refractivity contribution in [1.82, 2.24) is 9.55 Å². The molecule has 1 N–H and O–H groups in total. The number of thioether (sulfide) groups is 1. The van der Waals surface area contributed by atoms with Gasteiger partial charge in [-0.25, -0.2) is 4.98 Å². The number of carbonyl (C=O) groups excluding carboxylic acids is 2. The maximum Gasteiger partial charge on any atom is 0.262 e. The number of hydrogen-bond donors (Lipinski definition) is 1. The third-order valence-corrected chi connectivity index (χ3v) is 5.67. The third kappa shape index (κ3) is 4.56. The summed E-state index contributed by atoms with van der Waals surface area (Å²) < 4.78 is 1.66. The lowest BCUT2D eigenvalue weighted by Gasteiger charge is -2.18. The average Bonchev–Trinajstić information content (AvgIpc) is 2.72. The summed E-state index contributed by atoms with van der Waals surface area (Å²) in [6.07, 6.45) is 0.770. The maximum absolute atomic E-state index is 13.0. The number of rotatable bonds is 7. The lowest BCUT2D eigenvalue weighted by molar-refractivity contribution is -0.113. The molecule has 7 heteroatoms. The zero-order valence-electron chi connectivity index (χ0n) is 16.6. The van der Waals surface area contributed by atoms with Gasteiger partial charge >= 0.3 is 0 Å². The molecule has 0 bridgehead atoms. The number of aromatic nitrogens is 2. The predicted molar refractivity (Wildman–Crippen MR) is 117 cm³/mol. The second kappa shape index (κ2) is 9.05. The molecule has 0 aliphatic rings. The lowest BCUT2D eigenvalue weighted by Crippen LogP contribution is -2.26. The summed E-state index contributed by atoms with van der Waals surface area (Å²) >= 11 is 1.22. The van der Waals surface area contributed by atoms with Crippen molar-refractivity contribution in [3.63, 3.8) is 0 Å². The number of hydrogen-bond acceptors (Lipinski definition) is 5. The standard InChI is InChI=1S/C22H23N3O3S/c1-4-14(2)25-21(28)17-10-6-8-12-19(17)24-22(25)29-13-20(27)23-18-11-7-5-9-16(18)15(3)26/h5-12,14H,4,13H2,1-3H3,(H,23,27)/t14-/m1/s1. The van der Waals surface area contributed by atoms with Crippen molar-refractivity contribution in [2.24, 2.45) is 0 Å². The first-order valence-electron chi connectivity index (χ1n) is 9.46. The van der Waals surface area contributed by atoms with E-state index in [1.807, 2.05) is 26.0 Å². The SMILES string of the molecule is CC[C@@H](C)n1c(SCC(=O)Nc2ccccc2C(C)=O)nc2ccccc2c1=O. The number of nitrogens with one attached hydrogen (secondary N) is 1. The molecule has 1 aromatic heterocycles. The summed E-state index contributed by atoms with van der Waals surface area (Å²) in [4.78, 5) is 41.8. The molecule has 0 unspecified atom stereocenters. The molecule has 150 valence electrons. The molecule has 0 aliphatic heterocycles. The minimum atomic E-state index is -0.262. The Morgan fingerprint density at radius 2 is 1.83 bits per heavy atom. The van der Waals surface area contributed by atoms with Gasteiger partial charge in [-0.15, -0.1) is 0 Å². The normalized spacial score (nSPS) is 12.0. The quantitative estimate of drug-likeness (QED) is 0.357. The van der Waals surface area contributed by atoms with E-state index in [4.69, 9.17) is 0 Å².